The van der Waals surface area contributed by atoms with Crippen molar-refractivity contribution in [2.24, 2.45) is 0 Å². The molecule has 0 saturated carbocycles. The Morgan fingerprint density at radius 3 is 3.27 bits per heavy atom. The minimum absolute atomic E-state index is 0.0366. The predicted molar refractivity (Wildman–Crippen MR) is 82.1 cm³/mol. The van der Waals surface area contributed by atoms with Gasteiger partial charge < -0.3 is 14.5 Å². The molecule has 1 aliphatic heterocycles. The van der Waals surface area contributed by atoms with Crippen LogP contribution in [0, 0.1) is 11.3 Å². The fourth-order valence-electron chi connectivity index (χ4n) is 3.33. The third-order valence-corrected chi connectivity index (χ3v) is 4.40. The molecule has 6 heteroatoms. The molecule has 1 unspecified atom stereocenters. The molecule has 1 aliphatic rings. The summed E-state index contributed by atoms with van der Waals surface area (Å²) in [5, 5.41) is 10.9. The second kappa shape index (κ2) is 4.88. The number of amides is 1. The van der Waals surface area contributed by atoms with Crippen molar-refractivity contribution < 1.29 is 4.79 Å². The van der Waals surface area contributed by atoms with Crippen molar-refractivity contribution in [3.63, 3.8) is 0 Å². The lowest BCUT2D eigenvalue weighted by Gasteiger charge is -2.17. The third kappa shape index (κ3) is 1.86. The van der Waals surface area contributed by atoms with Crippen LogP contribution in [0.2, 0.25) is 0 Å². The number of nitrogens with one attached hydrogen (secondary N) is 1. The van der Waals surface area contributed by atoms with Gasteiger partial charge in [0.25, 0.3) is 0 Å². The second-order valence-electron chi connectivity index (χ2n) is 5.64. The van der Waals surface area contributed by atoms with Gasteiger partial charge in [-0.15, -0.1) is 0 Å². The number of likely N-dealkylation sites (tertiary alicyclic amines) is 1. The monoisotopic (exact) mass is 293 g/mol. The Morgan fingerprint density at radius 2 is 2.41 bits per heavy atom. The summed E-state index contributed by atoms with van der Waals surface area (Å²) in [6.07, 6.45) is 6.71. The number of nitrogens with zero attached hydrogens (tertiary/aromatic N) is 4. The Hall–Kier alpha value is -2.81. The number of hydrogen-bond acceptors (Lipinski definition) is 3. The normalized spacial score (nSPS) is 18.1. The van der Waals surface area contributed by atoms with E-state index >= 15 is 0 Å². The van der Waals surface area contributed by atoms with Gasteiger partial charge in [-0.2, -0.15) is 5.26 Å². The molecule has 0 bridgehead atoms. The number of carbonyl (C=O) groups excluding carboxylic acids is 1. The van der Waals surface area contributed by atoms with Crippen LogP contribution in [-0.4, -0.2) is 38.4 Å². The zero-order valence-electron chi connectivity index (χ0n) is 12.0. The first-order valence-corrected chi connectivity index (χ1v) is 7.35. The number of aromatic nitrogens is 3. The van der Waals surface area contributed by atoms with Gasteiger partial charge in [-0.25, -0.2) is 4.98 Å². The first kappa shape index (κ1) is 12.9. The van der Waals surface area contributed by atoms with Gasteiger partial charge in [-0.1, -0.05) is 0 Å². The summed E-state index contributed by atoms with van der Waals surface area (Å²) >= 11 is 0. The molecule has 0 aromatic carbocycles. The van der Waals surface area contributed by atoms with Crippen LogP contribution in [-0.2, 0) is 4.79 Å². The lowest BCUT2D eigenvalue weighted by atomic mass is 10.2. The molecular formula is C16H15N5O. The van der Waals surface area contributed by atoms with Crippen molar-refractivity contribution in [3.05, 3.63) is 30.7 Å². The minimum atomic E-state index is -0.0741. The average Bonchev–Trinajstić information content (AvgIpc) is 3.24. The summed E-state index contributed by atoms with van der Waals surface area (Å²) < 4.78 is 2.24. The zero-order chi connectivity index (χ0) is 15.1. The molecule has 110 valence electrons. The molecule has 1 saturated heterocycles. The maximum atomic E-state index is 11.9. The quantitative estimate of drug-likeness (QED) is 0.786. The highest BCUT2D eigenvalue weighted by Gasteiger charge is 2.28. The number of carbonyl (C=O) groups is 1. The van der Waals surface area contributed by atoms with Gasteiger partial charge in [0.1, 0.15) is 12.1 Å². The molecule has 3 aromatic rings. The zero-order valence-corrected chi connectivity index (χ0v) is 12.0. The van der Waals surface area contributed by atoms with Crippen molar-refractivity contribution in [2.45, 2.75) is 18.9 Å². The molecule has 4 heterocycles. The minimum Gasteiger partial charge on any atom is -0.346 e. The Bertz CT molecular complexity index is 900. The number of nitriles is 1. The van der Waals surface area contributed by atoms with E-state index in [0.717, 1.165) is 28.4 Å². The van der Waals surface area contributed by atoms with E-state index in [4.69, 9.17) is 5.26 Å². The fourth-order valence-corrected chi connectivity index (χ4v) is 3.33. The highest BCUT2D eigenvalue weighted by atomic mass is 16.2. The van der Waals surface area contributed by atoms with E-state index in [1.807, 2.05) is 24.5 Å². The van der Waals surface area contributed by atoms with E-state index in [2.05, 4.69) is 26.8 Å². The van der Waals surface area contributed by atoms with E-state index in [1.54, 1.807) is 4.90 Å². The molecule has 0 spiro atoms. The topological polar surface area (TPSA) is 77.7 Å². The van der Waals surface area contributed by atoms with Crippen LogP contribution in [0.3, 0.4) is 0 Å². The molecule has 1 amide bonds. The standard InChI is InChI=1S/C16H15N5O/c17-5-1-14(22)20-7-4-12(10-20)21-8-3-11-9-19-16-13(15(11)21)2-6-18-16/h2-3,6,8-9,12H,1,4,7,10H2,(H,18,19). The van der Waals surface area contributed by atoms with Crippen LogP contribution >= 0.6 is 0 Å². The van der Waals surface area contributed by atoms with Gasteiger partial charge in [0.2, 0.25) is 5.91 Å². The summed E-state index contributed by atoms with van der Waals surface area (Å²) in [5.41, 5.74) is 2.04. The van der Waals surface area contributed by atoms with Gasteiger partial charge in [0.05, 0.1) is 17.6 Å². The molecule has 3 aromatic heterocycles. The summed E-state index contributed by atoms with van der Waals surface area (Å²) in [6.45, 7) is 1.38. The van der Waals surface area contributed by atoms with Gasteiger partial charge in [-0.05, 0) is 18.6 Å². The van der Waals surface area contributed by atoms with Crippen LogP contribution in [0.4, 0.5) is 0 Å². The number of pyridine rings is 1. The summed E-state index contributed by atoms with van der Waals surface area (Å²) in [7, 11) is 0. The molecule has 4 rings (SSSR count). The van der Waals surface area contributed by atoms with Crippen LogP contribution < -0.4 is 0 Å². The lowest BCUT2D eigenvalue weighted by molar-refractivity contribution is -0.129. The summed E-state index contributed by atoms with van der Waals surface area (Å²) in [5.74, 6) is -0.0741. The van der Waals surface area contributed by atoms with Gasteiger partial charge >= 0.3 is 0 Å². The van der Waals surface area contributed by atoms with Gasteiger partial charge in [-0.3, -0.25) is 4.79 Å². The lowest BCUT2D eigenvalue weighted by Crippen LogP contribution is -2.28. The molecule has 1 N–H and O–H groups in total. The summed E-state index contributed by atoms with van der Waals surface area (Å²) in [6, 6.07) is 6.28. The van der Waals surface area contributed by atoms with Gasteiger partial charge in [0, 0.05) is 42.5 Å². The highest BCUT2D eigenvalue weighted by Crippen LogP contribution is 2.30. The van der Waals surface area contributed by atoms with Crippen LogP contribution in [0.1, 0.15) is 18.9 Å². The van der Waals surface area contributed by atoms with E-state index in [9.17, 15) is 4.79 Å². The molecule has 1 fully saturated rings. The molecule has 0 radical (unpaired) electrons. The number of aromatic amines is 1. The van der Waals surface area contributed by atoms with E-state index in [1.165, 1.54) is 0 Å². The second-order valence-corrected chi connectivity index (χ2v) is 5.64. The molecule has 1 atom stereocenters. The van der Waals surface area contributed by atoms with Gasteiger partial charge in [0.15, 0.2) is 0 Å². The summed E-state index contributed by atoms with van der Waals surface area (Å²) in [4.78, 5) is 21.2. The number of hydrogen-bond donors (Lipinski definition) is 1. The van der Waals surface area contributed by atoms with E-state index in [-0.39, 0.29) is 18.4 Å². The highest BCUT2D eigenvalue weighted by molar-refractivity contribution is 6.02. The van der Waals surface area contributed by atoms with Crippen molar-refractivity contribution in [3.8, 4) is 6.07 Å². The Labute approximate surface area is 127 Å². The Morgan fingerprint density at radius 1 is 1.50 bits per heavy atom. The average molecular weight is 293 g/mol. The number of fused-ring (bicyclic) bond motifs is 3. The molecule has 6 nitrogen and oxygen atoms in total. The first-order valence-electron chi connectivity index (χ1n) is 7.35. The SMILES string of the molecule is N#CCC(=O)N1CCC(n2ccc3cnc4[nH]ccc4c32)C1. The number of H-pyrrole nitrogens is 1. The van der Waals surface area contributed by atoms with Crippen molar-refractivity contribution in [1.29, 1.82) is 5.26 Å². The largest absolute Gasteiger partial charge is 0.346 e. The van der Waals surface area contributed by atoms with Crippen LogP contribution in [0.25, 0.3) is 21.9 Å². The maximum Gasteiger partial charge on any atom is 0.236 e. The smallest absolute Gasteiger partial charge is 0.236 e. The van der Waals surface area contributed by atoms with E-state index in [0.29, 0.717) is 13.1 Å². The van der Waals surface area contributed by atoms with Crippen LogP contribution in [0.15, 0.2) is 30.7 Å². The van der Waals surface area contributed by atoms with Crippen molar-refractivity contribution >= 4 is 27.8 Å². The van der Waals surface area contributed by atoms with Crippen molar-refractivity contribution in [2.75, 3.05) is 13.1 Å². The number of rotatable bonds is 2. The van der Waals surface area contributed by atoms with Crippen LogP contribution in [0.5, 0.6) is 0 Å². The molecule has 0 aliphatic carbocycles. The third-order valence-electron chi connectivity index (χ3n) is 4.40. The predicted octanol–water partition coefficient (Wildman–Crippen LogP) is 2.20. The first-order chi connectivity index (χ1) is 10.8. The molecule has 22 heavy (non-hydrogen) atoms. The fraction of sp³-hybridized carbons (Fsp3) is 0.312. The maximum absolute atomic E-state index is 11.9. The molecular weight excluding hydrogens is 278 g/mol. The Balaban J connectivity index is 1.72. The van der Waals surface area contributed by atoms with Crippen molar-refractivity contribution in [1.82, 2.24) is 19.4 Å². The Kier molecular flexibility index (Phi) is 2.86. The van der Waals surface area contributed by atoms with E-state index < -0.39 is 0 Å².